The summed E-state index contributed by atoms with van der Waals surface area (Å²) in [4.78, 5) is 7.67. The molecule has 0 saturated heterocycles. The number of hydrogen-bond donors (Lipinski definition) is 1. The summed E-state index contributed by atoms with van der Waals surface area (Å²) >= 11 is 1.69. The summed E-state index contributed by atoms with van der Waals surface area (Å²) < 4.78 is 5.37. The van der Waals surface area contributed by atoms with Gasteiger partial charge < -0.3 is 15.0 Å². The monoisotopic (exact) mass is 283 g/mol. The number of hydrogen-bond acceptors (Lipinski definition) is 5. The van der Waals surface area contributed by atoms with Gasteiger partial charge in [0.15, 0.2) is 5.13 Å². The molecular formula is C14H25N3OS. The minimum absolute atomic E-state index is 0.356. The van der Waals surface area contributed by atoms with Crippen LogP contribution in [0.3, 0.4) is 0 Å². The van der Waals surface area contributed by atoms with Crippen molar-refractivity contribution in [3.05, 3.63) is 4.88 Å². The number of nitrogens with one attached hydrogen (secondary N) is 1. The lowest BCUT2D eigenvalue weighted by molar-refractivity contribution is 0.393. The standard InChI is InChI=1S/C14H25N3OS/c1-13(2)11(14(13,3)4)15-8-9-10(18-7)16-12(19-9)17(5)6/h11,15H,8H2,1-7H3. The van der Waals surface area contributed by atoms with Crippen LogP contribution in [0.2, 0.25) is 0 Å². The minimum Gasteiger partial charge on any atom is -0.480 e. The average molecular weight is 283 g/mol. The van der Waals surface area contributed by atoms with Crippen LogP contribution < -0.4 is 15.0 Å². The van der Waals surface area contributed by atoms with Crippen LogP contribution in [0.5, 0.6) is 5.88 Å². The maximum atomic E-state index is 5.37. The second kappa shape index (κ2) is 4.63. The summed E-state index contributed by atoms with van der Waals surface area (Å²) in [6.45, 7) is 10.1. The van der Waals surface area contributed by atoms with Gasteiger partial charge in [0.1, 0.15) is 0 Å². The van der Waals surface area contributed by atoms with Gasteiger partial charge in [-0.25, -0.2) is 0 Å². The molecule has 1 aliphatic rings. The van der Waals surface area contributed by atoms with E-state index in [0.717, 1.165) is 17.6 Å². The highest BCUT2D eigenvalue weighted by Crippen LogP contribution is 2.62. The van der Waals surface area contributed by atoms with E-state index >= 15 is 0 Å². The van der Waals surface area contributed by atoms with Gasteiger partial charge in [0, 0.05) is 26.7 Å². The molecule has 5 heteroatoms. The number of rotatable bonds is 5. The Hall–Kier alpha value is -0.810. The maximum absolute atomic E-state index is 5.37. The molecule has 1 heterocycles. The van der Waals surface area contributed by atoms with Gasteiger partial charge in [-0.1, -0.05) is 39.0 Å². The largest absolute Gasteiger partial charge is 0.480 e. The molecule has 2 rings (SSSR count). The predicted molar refractivity (Wildman–Crippen MR) is 81.2 cm³/mol. The molecule has 1 aliphatic carbocycles. The van der Waals surface area contributed by atoms with Crippen molar-refractivity contribution >= 4 is 16.5 Å². The lowest BCUT2D eigenvalue weighted by atomic mass is 10.0. The Morgan fingerprint density at radius 1 is 1.26 bits per heavy atom. The molecule has 0 atom stereocenters. The molecule has 1 N–H and O–H groups in total. The number of methoxy groups -OCH3 is 1. The van der Waals surface area contributed by atoms with Gasteiger partial charge in [-0.2, -0.15) is 4.98 Å². The van der Waals surface area contributed by atoms with Gasteiger partial charge in [-0.15, -0.1) is 0 Å². The van der Waals surface area contributed by atoms with Crippen molar-refractivity contribution in [2.45, 2.75) is 40.3 Å². The summed E-state index contributed by atoms with van der Waals surface area (Å²) in [7, 11) is 5.69. The smallest absolute Gasteiger partial charge is 0.230 e. The van der Waals surface area contributed by atoms with E-state index in [4.69, 9.17) is 4.74 Å². The van der Waals surface area contributed by atoms with E-state index in [1.54, 1.807) is 18.4 Å². The van der Waals surface area contributed by atoms with Gasteiger partial charge in [0.05, 0.1) is 12.0 Å². The third-order valence-electron chi connectivity index (χ3n) is 4.71. The highest BCUT2D eigenvalue weighted by Gasteiger charge is 2.64. The van der Waals surface area contributed by atoms with E-state index in [1.807, 2.05) is 19.0 Å². The van der Waals surface area contributed by atoms with Crippen molar-refractivity contribution in [1.82, 2.24) is 10.3 Å². The zero-order valence-corrected chi connectivity index (χ0v) is 13.8. The maximum Gasteiger partial charge on any atom is 0.230 e. The lowest BCUT2D eigenvalue weighted by Gasteiger charge is -2.06. The van der Waals surface area contributed by atoms with Crippen molar-refractivity contribution in [3.8, 4) is 5.88 Å². The highest BCUT2D eigenvalue weighted by molar-refractivity contribution is 7.15. The molecule has 1 aromatic heterocycles. The first kappa shape index (κ1) is 14.6. The number of nitrogens with zero attached hydrogens (tertiary/aromatic N) is 2. The zero-order chi connectivity index (χ0) is 14.4. The van der Waals surface area contributed by atoms with E-state index in [1.165, 1.54) is 4.88 Å². The molecule has 0 unspecified atom stereocenters. The van der Waals surface area contributed by atoms with Crippen LogP contribution >= 0.6 is 11.3 Å². The Bertz CT molecular complexity index is 451. The third-order valence-corrected chi connectivity index (χ3v) is 5.92. The summed E-state index contributed by atoms with van der Waals surface area (Å²) in [5, 5.41) is 4.64. The topological polar surface area (TPSA) is 37.4 Å². The Morgan fingerprint density at radius 3 is 2.26 bits per heavy atom. The number of anilines is 1. The lowest BCUT2D eigenvalue weighted by Crippen LogP contribution is -2.21. The van der Waals surface area contributed by atoms with Crippen molar-refractivity contribution in [2.24, 2.45) is 10.8 Å². The summed E-state index contributed by atoms with van der Waals surface area (Å²) in [6, 6.07) is 0.551. The number of aromatic nitrogens is 1. The summed E-state index contributed by atoms with van der Waals surface area (Å²) in [5.74, 6) is 0.748. The fourth-order valence-electron chi connectivity index (χ4n) is 2.69. The molecule has 108 valence electrons. The van der Waals surface area contributed by atoms with E-state index < -0.39 is 0 Å². The van der Waals surface area contributed by atoms with Crippen molar-refractivity contribution in [3.63, 3.8) is 0 Å². The first-order valence-electron chi connectivity index (χ1n) is 6.66. The Labute approximate surface area is 120 Å². The van der Waals surface area contributed by atoms with Crippen LogP contribution in [-0.4, -0.2) is 32.2 Å². The van der Waals surface area contributed by atoms with E-state index in [-0.39, 0.29) is 0 Å². The molecule has 1 fully saturated rings. The van der Waals surface area contributed by atoms with E-state index in [2.05, 4.69) is 38.0 Å². The average Bonchev–Trinajstić information content (AvgIpc) is 2.67. The third kappa shape index (κ3) is 2.34. The van der Waals surface area contributed by atoms with E-state index in [9.17, 15) is 0 Å². The Morgan fingerprint density at radius 2 is 1.84 bits per heavy atom. The molecule has 1 aromatic rings. The summed E-state index contributed by atoms with van der Waals surface area (Å²) in [6.07, 6.45) is 0. The fraction of sp³-hybridized carbons (Fsp3) is 0.786. The second-order valence-corrected chi connectivity index (χ2v) is 7.64. The SMILES string of the molecule is COc1nc(N(C)C)sc1CNC1C(C)(C)C1(C)C. The quantitative estimate of drug-likeness (QED) is 0.901. The normalized spacial score (nSPS) is 20.4. The van der Waals surface area contributed by atoms with Gasteiger partial charge >= 0.3 is 0 Å². The number of thiazole rings is 1. The molecule has 0 aromatic carbocycles. The molecule has 0 spiro atoms. The van der Waals surface area contributed by atoms with Gasteiger partial charge in [-0.05, 0) is 10.8 Å². The summed E-state index contributed by atoms with van der Waals surface area (Å²) in [5.41, 5.74) is 0.713. The molecular weight excluding hydrogens is 258 g/mol. The molecule has 0 radical (unpaired) electrons. The van der Waals surface area contributed by atoms with Crippen LogP contribution in [0.15, 0.2) is 0 Å². The first-order chi connectivity index (χ1) is 8.71. The van der Waals surface area contributed by atoms with Crippen molar-refractivity contribution in [1.29, 1.82) is 0 Å². The van der Waals surface area contributed by atoms with E-state index in [0.29, 0.717) is 16.9 Å². The Kier molecular flexibility index (Phi) is 3.56. The van der Waals surface area contributed by atoms with Crippen LogP contribution in [0, 0.1) is 10.8 Å². The highest BCUT2D eigenvalue weighted by atomic mass is 32.1. The number of ether oxygens (including phenoxy) is 1. The fourth-order valence-corrected chi connectivity index (χ4v) is 3.59. The van der Waals surface area contributed by atoms with Gasteiger partial charge in [-0.3, -0.25) is 0 Å². The van der Waals surface area contributed by atoms with Crippen LogP contribution in [0.1, 0.15) is 32.6 Å². The minimum atomic E-state index is 0.356. The second-order valence-electron chi connectivity index (χ2n) is 6.58. The van der Waals surface area contributed by atoms with Gasteiger partial charge in [0.25, 0.3) is 0 Å². The van der Waals surface area contributed by atoms with Crippen molar-refractivity contribution in [2.75, 3.05) is 26.1 Å². The van der Waals surface area contributed by atoms with Crippen LogP contribution in [-0.2, 0) is 6.54 Å². The predicted octanol–water partition coefficient (Wildman–Crippen LogP) is 2.74. The van der Waals surface area contributed by atoms with Crippen molar-refractivity contribution < 1.29 is 4.74 Å². The molecule has 4 nitrogen and oxygen atoms in total. The molecule has 19 heavy (non-hydrogen) atoms. The zero-order valence-electron chi connectivity index (χ0n) is 13.0. The first-order valence-corrected chi connectivity index (χ1v) is 7.48. The molecule has 0 aliphatic heterocycles. The molecule has 0 amide bonds. The molecule has 0 bridgehead atoms. The van der Waals surface area contributed by atoms with Crippen LogP contribution in [0.25, 0.3) is 0 Å². The molecule has 1 saturated carbocycles. The van der Waals surface area contributed by atoms with Gasteiger partial charge in [0.2, 0.25) is 5.88 Å². The van der Waals surface area contributed by atoms with Crippen LogP contribution in [0.4, 0.5) is 5.13 Å². The Balaban J connectivity index is 2.05.